The van der Waals surface area contributed by atoms with Gasteiger partial charge in [-0.25, -0.2) is 4.98 Å². The molecule has 110 valence electrons. The van der Waals surface area contributed by atoms with Gasteiger partial charge in [0.2, 0.25) is 5.91 Å². The van der Waals surface area contributed by atoms with Crippen molar-refractivity contribution in [3.05, 3.63) is 66.0 Å². The third kappa shape index (κ3) is 3.38. The van der Waals surface area contributed by atoms with Crippen molar-refractivity contribution in [1.29, 1.82) is 0 Å². The number of rotatable bonds is 4. The van der Waals surface area contributed by atoms with Crippen LogP contribution in [0, 0.1) is 6.92 Å². The minimum atomic E-state index is -0.178. The van der Waals surface area contributed by atoms with E-state index in [4.69, 9.17) is 4.52 Å². The number of carbonyl (C=O) groups is 1. The van der Waals surface area contributed by atoms with Crippen molar-refractivity contribution < 1.29 is 9.32 Å². The number of aromatic nitrogens is 2. The topological polar surface area (TPSA) is 68.0 Å². The number of anilines is 1. The van der Waals surface area contributed by atoms with Gasteiger partial charge in [0.15, 0.2) is 5.76 Å². The van der Waals surface area contributed by atoms with Gasteiger partial charge in [-0.15, -0.1) is 0 Å². The van der Waals surface area contributed by atoms with Crippen LogP contribution in [0.15, 0.2) is 59.3 Å². The van der Waals surface area contributed by atoms with Gasteiger partial charge in [-0.2, -0.15) is 0 Å². The van der Waals surface area contributed by atoms with Gasteiger partial charge in [0.1, 0.15) is 5.82 Å². The van der Waals surface area contributed by atoms with E-state index >= 15 is 0 Å². The van der Waals surface area contributed by atoms with Gasteiger partial charge >= 0.3 is 0 Å². The summed E-state index contributed by atoms with van der Waals surface area (Å²) in [4.78, 5) is 16.0. The molecule has 0 atom stereocenters. The Balaban J connectivity index is 1.66. The predicted octanol–water partition coefficient (Wildman–Crippen LogP) is 3.23. The summed E-state index contributed by atoms with van der Waals surface area (Å²) in [5.41, 5.74) is 2.71. The van der Waals surface area contributed by atoms with Gasteiger partial charge in [0.05, 0.1) is 12.1 Å². The van der Waals surface area contributed by atoms with Gasteiger partial charge in [-0.05, 0) is 19.1 Å². The average molecular weight is 293 g/mol. The van der Waals surface area contributed by atoms with E-state index in [9.17, 15) is 4.79 Å². The van der Waals surface area contributed by atoms with E-state index in [0.717, 1.165) is 5.56 Å². The third-order valence-electron chi connectivity index (χ3n) is 3.17. The van der Waals surface area contributed by atoms with E-state index in [1.807, 2.05) is 37.3 Å². The van der Waals surface area contributed by atoms with Crippen molar-refractivity contribution >= 4 is 11.7 Å². The molecular weight excluding hydrogens is 278 g/mol. The van der Waals surface area contributed by atoms with Crippen LogP contribution in [0.4, 0.5) is 5.82 Å². The summed E-state index contributed by atoms with van der Waals surface area (Å²) in [6, 6.07) is 15.1. The van der Waals surface area contributed by atoms with Crippen molar-refractivity contribution in [3.8, 4) is 11.3 Å². The van der Waals surface area contributed by atoms with Gasteiger partial charge in [0, 0.05) is 17.8 Å². The summed E-state index contributed by atoms with van der Waals surface area (Å²) >= 11 is 0. The van der Waals surface area contributed by atoms with E-state index < -0.39 is 0 Å². The first-order chi connectivity index (χ1) is 10.7. The lowest BCUT2D eigenvalue weighted by atomic mass is 10.1. The Bertz CT molecular complexity index is 764. The van der Waals surface area contributed by atoms with Crippen LogP contribution < -0.4 is 5.32 Å². The van der Waals surface area contributed by atoms with Gasteiger partial charge < -0.3 is 9.84 Å². The predicted molar refractivity (Wildman–Crippen MR) is 83.2 cm³/mol. The van der Waals surface area contributed by atoms with E-state index in [0.29, 0.717) is 17.3 Å². The number of pyridine rings is 1. The van der Waals surface area contributed by atoms with E-state index in [-0.39, 0.29) is 12.3 Å². The SMILES string of the molecule is Cc1ccc(-c2cc(CC(=O)Nc3ccccn3)no2)cc1. The summed E-state index contributed by atoms with van der Waals surface area (Å²) in [5, 5.41) is 6.66. The third-order valence-corrected chi connectivity index (χ3v) is 3.17. The van der Waals surface area contributed by atoms with E-state index in [1.165, 1.54) is 5.56 Å². The molecule has 0 spiro atoms. The Labute approximate surface area is 128 Å². The second-order valence-corrected chi connectivity index (χ2v) is 4.99. The molecule has 2 aromatic heterocycles. The monoisotopic (exact) mass is 293 g/mol. The van der Waals surface area contributed by atoms with Gasteiger partial charge in [0.25, 0.3) is 0 Å². The fourth-order valence-corrected chi connectivity index (χ4v) is 2.04. The fraction of sp³-hybridized carbons (Fsp3) is 0.118. The number of nitrogens with zero attached hydrogens (tertiary/aromatic N) is 2. The summed E-state index contributed by atoms with van der Waals surface area (Å²) in [7, 11) is 0. The van der Waals surface area contributed by atoms with Crippen LogP contribution in [0.5, 0.6) is 0 Å². The number of aryl methyl sites for hydroxylation is 1. The molecule has 0 fully saturated rings. The van der Waals surface area contributed by atoms with E-state index in [2.05, 4.69) is 15.5 Å². The summed E-state index contributed by atoms with van der Waals surface area (Å²) in [6.07, 6.45) is 1.77. The molecule has 22 heavy (non-hydrogen) atoms. The lowest BCUT2D eigenvalue weighted by Crippen LogP contribution is -2.15. The van der Waals surface area contributed by atoms with Crippen LogP contribution in [0.1, 0.15) is 11.3 Å². The maximum absolute atomic E-state index is 11.9. The molecule has 5 nitrogen and oxygen atoms in total. The van der Waals surface area contributed by atoms with Crippen molar-refractivity contribution in [3.63, 3.8) is 0 Å². The number of carbonyl (C=O) groups excluding carboxylic acids is 1. The smallest absolute Gasteiger partial charge is 0.231 e. The number of nitrogens with one attached hydrogen (secondary N) is 1. The van der Waals surface area contributed by atoms with Crippen molar-refractivity contribution in [2.24, 2.45) is 0 Å². The molecule has 3 rings (SSSR count). The van der Waals surface area contributed by atoms with Crippen LogP contribution in [0.25, 0.3) is 11.3 Å². The molecule has 1 aromatic carbocycles. The molecule has 0 aliphatic heterocycles. The molecule has 1 amide bonds. The summed E-state index contributed by atoms with van der Waals surface area (Å²) in [5.74, 6) is 0.998. The number of hydrogen-bond donors (Lipinski definition) is 1. The van der Waals surface area contributed by atoms with Gasteiger partial charge in [-0.3, -0.25) is 4.79 Å². The number of benzene rings is 1. The highest BCUT2D eigenvalue weighted by molar-refractivity contribution is 5.91. The van der Waals surface area contributed by atoms with Crippen LogP contribution >= 0.6 is 0 Å². The maximum Gasteiger partial charge on any atom is 0.231 e. The first-order valence-corrected chi connectivity index (χ1v) is 6.94. The summed E-state index contributed by atoms with van der Waals surface area (Å²) in [6.45, 7) is 2.03. The maximum atomic E-state index is 11.9. The van der Waals surface area contributed by atoms with Crippen LogP contribution in [-0.4, -0.2) is 16.0 Å². The summed E-state index contributed by atoms with van der Waals surface area (Å²) < 4.78 is 5.30. The Morgan fingerprint density at radius 2 is 2.00 bits per heavy atom. The fourth-order valence-electron chi connectivity index (χ4n) is 2.04. The van der Waals surface area contributed by atoms with Crippen molar-refractivity contribution in [1.82, 2.24) is 10.1 Å². The average Bonchev–Trinajstić information content (AvgIpc) is 2.97. The second kappa shape index (κ2) is 6.22. The quantitative estimate of drug-likeness (QED) is 0.802. The normalized spacial score (nSPS) is 10.4. The molecule has 0 bridgehead atoms. The highest BCUT2D eigenvalue weighted by Gasteiger charge is 2.11. The molecule has 0 unspecified atom stereocenters. The Kier molecular flexibility index (Phi) is 3.96. The molecule has 2 heterocycles. The standard InChI is InChI=1S/C17H15N3O2/c1-12-5-7-13(8-6-12)15-10-14(20-22-15)11-17(21)19-16-4-2-3-9-18-16/h2-10H,11H2,1H3,(H,18,19,21). The first kappa shape index (κ1) is 14.0. The largest absolute Gasteiger partial charge is 0.356 e. The van der Waals surface area contributed by atoms with Crippen LogP contribution in [0.3, 0.4) is 0 Å². The molecule has 0 radical (unpaired) electrons. The molecule has 3 aromatic rings. The lowest BCUT2D eigenvalue weighted by Gasteiger charge is -2.01. The van der Waals surface area contributed by atoms with Crippen molar-refractivity contribution in [2.75, 3.05) is 5.32 Å². The molecule has 0 saturated heterocycles. The van der Waals surface area contributed by atoms with Gasteiger partial charge in [-0.1, -0.05) is 41.1 Å². The minimum Gasteiger partial charge on any atom is -0.356 e. The molecule has 5 heteroatoms. The zero-order valence-corrected chi connectivity index (χ0v) is 12.1. The minimum absolute atomic E-state index is 0.145. The molecule has 0 aliphatic carbocycles. The Morgan fingerprint density at radius 3 is 2.73 bits per heavy atom. The second-order valence-electron chi connectivity index (χ2n) is 4.99. The Morgan fingerprint density at radius 1 is 1.18 bits per heavy atom. The van der Waals surface area contributed by atoms with E-state index in [1.54, 1.807) is 24.4 Å². The van der Waals surface area contributed by atoms with Crippen molar-refractivity contribution in [2.45, 2.75) is 13.3 Å². The Hall–Kier alpha value is -2.95. The molecule has 0 saturated carbocycles. The molecular formula is C17H15N3O2. The first-order valence-electron chi connectivity index (χ1n) is 6.94. The zero-order valence-electron chi connectivity index (χ0n) is 12.1. The van der Waals surface area contributed by atoms with Crippen LogP contribution in [-0.2, 0) is 11.2 Å². The number of hydrogen-bond acceptors (Lipinski definition) is 4. The lowest BCUT2D eigenvalue weighted by molar-refractivity contribution is -0.115. The highest BCUT2D eigenvalue weighted by atomic mass is 16.5. The van der Waals surface area contributed by atoms with Crippen LogP contribution in [0.2, 0.25) is 0 Å². The highest BCUT2D eigenvalue weighted by Crippen LogP contribution is 2.21. The molecule has 0 aliphatic rings. The molecule has 1 N–H and O–H groups in total. The zero-order chi connectivity index (χ0) is 15.4. The number of amides is 1.